The smallest absolute Gasteiger partial charge is 0.225 e. The molecule has 0 fully saturated rings. The first-order valence-electron chi connectivity index (χ1n) is 5.31. The molecular weight excluding hydrogens is 272 g/mol. The molecule has 3 heterocycles. The van der Waals surface area contributed by atoms with Gasteiger partial charge in [0, 0.05) is 12.7 Å². The normalized spacial score (nSPS) is 10.9. The van der Waals surface area contributed by atoms with Crippen LogP contribution in [0.25, 0.3) is 10.2 Å². The van der Waals surface area contributed by atoms with Gasteiger partial charge < -0.3 is 5.32 Å². The van der Waals surface area contributed by atoms with Crippen LogP contribution in [0.3, 0.4) is 0 Å². The maximum absolute atomic E-state index is 5.88. The molecule has 92 valence electrons. The highest BCUT2D eigenvalue weighted by atomic mass is 35.5. The lowest BCUT2D eigenvalue weighted by Crippen LogP contribution is -2.12. The fourth-order valence-corrected chi connectivity index (χ4v) is 2.59. The molecule has 3 rings (SSSR count). The largest absolute Gasteiger partial charge is 0.368 e. The van der Waals surface area contributed by atoms with Crippen molar-refractivity contribution in [2.75, 3.05) is 11.9 Å². The van der Waals surface area contributed by atoms with E-state index in [1.807, 2.05) is 17.6 Å². The van der Waals surface area contributed by atoms with Crippen LogP contribution in [-0.2, 0) is 6.54 Å². The quantitative estimate of drug-likeness (QED) is 0.741. The van der Waals surface area contributed by atoms with E-state index in [1.54, 1.807) is 22.2 Å². The minimum absolute atomic E-state index is 0.258. The molecule has 0 aliphatic carbocycles. The Bertz CT molecular complexity index is 649. The first-order valence-corrected chi connectivity index (χ1v) is 6.57. The number of nitrogens with one attached hydrogen (secondary N) is 1. The SMILES string of the molecule is Clc1nc(NCCn2ccnn2)c2ccsc2n1. The highest BCUT2D eigenvalue weighted by Gasteiger charge is 2.07. The molecule has 0 bridgehead atoms. The van der Waals surface area contributed by atoms with Crippen LogP contribution < -0.4 is 5.32 Å². The topological polar surface area (TPSA) is 68.5 Å². The van der Waals surface area contributed by atoms with Gasteiger partial charge in [0.15, 0.2) is 0 Å². The summed E-state index contributed by atoms with van der Waals surface area (Å²) in [5.41, 5.74) is 0. The standard InChI is InChI=1S/C10H9ClN6S/c11-10-14-8(7-1-6-18-9(7)15-10)12-2-4-17-5-3-13-16-17/h1,3,5-6H,2,4H2,(H,12,14,15). The summed E-state index contributed by atoms with van der Waals surface area (Å²) in [4.78, 5) is 9.24. The summed E-state index contributed by atoms with van der Waals surface area (Å²) in [6.07, 6.45) is 3.47. The number of hydrogen-bond acceptors (Lipinski definition) is 6. The van der Waals surface area contributed by atoms with E-state index in [-0.39, 0.29) is 5.28 Å². The highest BCUT2D eigenvalue weighted by Crippen LogP contribution is 2.26. The molecule has 1 N–H and O–H groups in total. The molecule has 8 heteroatoms. The summed E-state index contributed by atoms with van der Waals surface area (Å²) >= 11 is 7.42. The number of hydrogen-bond donors (Lipinski definition) is 1. The molecule has 3 aromatic rings. The summed E-state index contributed by atoms with van der Waals surface area (Å²) in [6, 6.07) is 1.98. The molecule has 0 aliphatic rings. The van der Waals surface area contributed by atoms with Gasteiger partial charge in [-0.15, -0.1) is 16.4 Å². The Morgan fingerprint density at radius 1 is 1.39 bits per heavy atom. The van der Waals surface area contributed by atoms with Crippen LogP contribution in [0.5, 0.6) is 0 Å². The molecule has 18 heavy (non-hydrogen) atoms. The van der Waals surface area contributed by atoms with Crippen molar-refractivity contribution in [1.82, 2.24) is 25.0 Å². The summed E-state index contributed by atoms with van der Waals surface area (Å²) in [5, 5.41) is 14.1. The van der Waals surface area contributed by atoms with Gasteiger partial charge in [-0.05, 0) is 23.0 Å². The first kappa shape index (κ1) is 11.4. The lowest BCUT2D eigenvalue weighted by Gasteiger charge is -2.06. The van der Waals surface area contributed by atoms with Crippen molar-refractivity contribution in [2.24, 2.45) is 0 Å². The fourth-order valence-electron chi connectivity index (χ4n) is 1.60. The summed E-state index contributed by atoms with van der Waals surface area (Å²) in [6.45, 7) is 1.41. The zero-order chi connectivity index (χ0) is 12.4. The third-order valence-electron chi connectivity index (χ3n) is 2.40. The first-order chi connectivity index (χ1) is 8.83. The Morgan fingerprint density at radius 2 is 2.33 bits per heavy atom. The van der Waals surface area contributed by atoms with Crippen LogP contribution >= 0.6 is 22.9 Å². The van der Waals surface area contributed by atoms with Gasteiger partial charge in [0.05, 0.1) is 18.1 Å². The minimum atomic E-state index is 0.258. The van der Waals surface area contributed by atoms with E-state index in [1.165, 1.54) is 0 Å². The lowest BCUT2D eigenvalue weighted by atomic mass is 10.4. The Hall–Kier alpha value is -1.73. The third kappa shape index (κ3) is 2.27. The van der Waals surface area contributed by atoms with E-state index in [0.29, 0.717) is 13.1 Å². The molecule has 0 spiro atoms. The molecule has 0 aliphatic heterocycles. The summed E-state index contributed by atoms with van der Waals surface area (Å²) in [5.74, 6) is 0.756. The van der Waals surface area contributed by atoms with Crippen LogP contribution in [0.4, 0.5) is 5.82 Å². The second-order valence-electron chi connectivity index (χ2n) is 3.57. The Labute approximate surface area is 112 Å². The Kier molecular flexibility index (Phi) is 3.07. The van der Waals surface area contributed by atoms with Gasteiger partial charge in [0.25, 0.3) is 0 Å². The molecule has 0 atom stereocenters. The van der Waals surface area contributed by atoms with Crippen LogP contribution in [0, 0.1) is 0 Å². The number of rotatable bonds is 4. The van der Waals surface area contributed by atoms with E-state index in [0.717, 1.165) is 16.0 Å². The summed E-state index contributed by atoms with van der Waals surface area (Å²) < 4.78 is 1.75. The van der Waals surface area contributed by atoms with Crippen molar-refractivity contribution in [3.05, 3.63) is 29.1 Å². The minimum Gasteiger partial charge on any atom is -0.368 e. The molecule has 0 amide bonds. The Balaban J connectivity index is 1.75. The van der Waals surface area contributed by atoms with Crippen LogP contribution in [0.15, 0.2) is 23.8 Å². The number of nitrogens with zero attached hydrogens (tertiary/aromatic N) is 5. The van der Waals surface area contributed by atoms with Gasteiger partial charge in [0.1, 0.15) is 10.6 Å². The van der Waals surface area contributed by atoms with Crippen molar-refractivity contribution in [1.29, 1.82) is 0 Å². The third-order valence-corrected chi connectivity index (χ3v) is 3.38. The van der Waals surface area contributed by atoms with E-state index in [2.05, 4.69) is 25.6 Å². The number of halogens is 1. The van der Waals surface area contributed by atoms with Crippen molar-refractivity contribution in [2.45, 2.75) is 6.54 Å². The average Bonchev–Trinajstić information content (AvgIpc) is 2.98. The predicted octanol–water partition coefficient (Wildman–Crippen LogP) is 2.05. The van der Waals surface area contributed by atoms with Crippen molar-refractivity contribution in [3.8, 4) is 0 Å². The van der Waals surface area contributed by atoms with E-state index in [9.17, 15) is 0 Å². The van der Waals surface area contributed by atoms with Gasteiger partial charge in [-0.25, -0.2) is 9.97 Å². The molecule has 6 nitrogen and oxygen atoms in total. The molecule has 0 saturated carbocycles. The van der Waals surface area contributed by atoms with Crippen LogP contribution in [-0.4, -0.2) is 31.5 Å². The van der Waals surface area contributed by atoms with E-state index < -0.39 is 0 Å². The molecular formula is C10H9ClN6S. The fraction of sp³-hybridized carbons (Fsp3) is 0.200. The zero-order valence-corrected chi connectivity index (χ0v) is 10.8. The average molecular weight is 281 g/mol. The van der Waals surface area contributed by atoms with Crippen LogP contribution in [0.1, 0.15) is 0 Å². The van der Waals surface area contributed by atoms with Gasteiger partial charge >= 0.3 is 0 Å². The predicted molar refractivity (Wildman–Crippen MR) is 70.9 cm³/mol. The molecule has 0 radical (unpaired) electrons. The van der Waals surface area contributed by atoms with Gasteiger partial charge in [0.2, 0.25) is 5.28 Å². The van der Waals surface area contributed by atoms with Gasteiger partial charge in [-0.3, -0.25) is 4.68 Å². The maximum Gasteiger partial charge on any atom is 0.225 e. The number of fused-ring (bicyclic) bond motifs is 1. The van der Waals surface area contributed by atoms with Crippen LogP contribution in [0.2, 0.25) is 5.28 Å². The van der Waals surface area contributed by atoms with Gasteiger partial charge in [-0.1, -0.05) is 5.21 Å². The molecule has 3 aromatic heterocycles. The molecule has 0 saturated heterocycles. The monoisotopic (exact) mass is 280 g/mol. The molecule has 0 unspecified atom stereocenters. The zero-order valence-electron chi connectivity index (χ0n) is 9.25. The summed E-state index contributed by atoms with van der Waals surface area (Å²) in [7, 11) is 0. The number of anilines is 1. The second kappa shape index (κ2) is 4.87. The Morgan fingerprint density at radius 3 is 3.17 bits per heavy atom. The van der Waals surface area contributed by atoms with E-state index in [4.69, 9.17) is 11.6 Å². The van der Waals surface area contributed by atoms with Crippen molar-refractivity contribution in [3.63, 3.8) is 0 Å². The number of aromatic nitrogens is 5. The maximum atomic E-state index is 5.88. The highest BCUT2D eigenvalue weighted by molar-refractivity contribution is 7.16. The number of thiophene rings is 1. The molecule has 0 aromatic carbocycles. The van der Waals surface area contributed by atoms with E-state index >= 15 is 0 Å². The lowest BCUT2D eigenvalue weighted by molar-refractivity contribution is 0.608. The van der Waals surface area contributed by atoms with Crippen molar-refractivity contribution >= 4 is 39.0 Å². The van der Waals surface area contributed by atoms with Crippen molar-refractivity contribution < 1.29 is 0 Å². The van der Waals surface area contributed by atoms with Gasteiger partial charge in [-0.2, -0.15) is 0 Å². The second-order valence-corrected chi connectivity index (χ2v) is 4.81.